The lowest BCUT2D eigenvalue weighted by Crippen LogP contribution is -2.19. The summed E-state index contributed by atoms with van der Waals surface area (Å²) in [5.74, 6) is -0.487. The van der Waals surface area contributed by atoms with Gasteiger partial charge >= 0.3 is 0 Å². The van der Waals surface area contributed by atoms with Gasteiger partial charge in [-0.05, 0) is 6.92 Å². The lowest BCUT2D eigenvalue weighted by Gasteiger charge is -2.20. The largest absolute Gasteiger partial charge is 0.373 e. The first-order chi connectivity index (χ1) is 6.61. The summed E-state index contributed by atoms with van der Waals surface area (Å²) in [6, 6.07) is 0. The zero-order valence-electron chi connectivity index (χ0n) is 8.28. The summed E-state index contributed by atoms with van der Waals surface area (Å²) < 4.78 is 7.16. The Balaban J connectivity index is 2.59. The maximum absolute atomic E-state index is 11.1. The van der Waals surface area contributed by atoms with Gasteiger partial charge in [0.25, 0.3) is 5.91 Å². The maximum Gasteiger partial charge on any atom is 0.269 e. The molecule has 0 fully saturated rings. The zero-order chi connectivity index (χ0) is 10.3. The van der Waals surface area contributed by atoms with Gasteiger partial charge in [-0.2, -0.15) is 5.10 Å². The fourth-order valence-corrected chi connectivity index (χ4v) is 1.90. The Morgan fingerprint density at radius 2 is 2.43 bits per heavy atom. The van der Waals surface area contributed by atoms with Crippen molar-refractivity contribution in [2.24, 2.45) is 12.8 Å². The molecule has 14 heavy (non-hydrogen) atoms. The molecule has 1 amide bonds. The normalized spacial score (nSPS) is 20.6. The summed E-state index contributed by atoms with van der Waals surface area (Å²) in [6.45, 7) is 2.58. The van der Waals surface area contributed by atoms with Crippen LogP contribution in [-0.2, 0) is 18.2 Å². The number of primary amides is 1. The van der Waals surface area contributed by atoms with E-state index in [1.807, 2.05) is 14.0 Å². The van der Waals surface area contributed by atoms with E-state index in [9.17, 15) is 4.79 Å². The topological polar surface area (TPSA) is 70.1 Å². The van der Waals surface area contributed by atoms with Crippen molar-refractivity contribution in [2.75, 3.05) is 6.61 Å². The Hall–Kier alpha value is -1.36. The van der Waals surface area contributed by atoms with Gasteiger partial charge in [0, 0.05) is 24.7 Å². The van der Waals surface area contributed by atoms with Gasteiger partial charge in [-0.1, -0.05) is 0 Å². The highest BCUT2D eigenvalue weighted by atomic mass is 16.5. The number of amides is 1. The van der Waals surface area contributed by atoms with Crippen LogP contribution in [0.4, 0.5) is 0 Å². The number of nitrogens with zero attached hydrogens (tertiary/aromatic N) is 2. The number of ether oxygens (including phenoxy) is 1. The number of nitrogens with two attached hydrogens (primary N) is 1. The van der Waals surface area contributed by atoms with Crippen LogP contribution < -0.4 is 5.73 Å². The third kappa shape index (κ3) is 1.21. The van der Waals surface area contributed by atoms with Gasteiger partial charge in [-0.15, -0.1) is 0 Å². The van der Waals surface area contributed by atoms with Crippen molar-refractivity contribution >= 4 is 5.91 Å². The van der Waals surface area contributed by atoms with Crippen molar-refractivity contribution in [3.63, 3.8) is 0 Å². The molecule has 0 bridgehead atoms. The Morgan fingerprint density at radius 1 is 1.71 bits per heavy atom. The fraction of sp³-hybridized carbons (Fsp3) is 0.556. The van der Waals surface area contributed by atoms with E-state index in [1.165, 1.54) is 0 Å². The molecular weight excluding hydrogens is 182 g/mol. The van der Waals surface area contributed by atoms with Crippen molar-refractivity contribution in [1.82, 2.24) is 9.78 Å². The molecule has 5 nitrogen and oxygen atoms in total. The lowest BCUT2D eigenvalue weighted by atomic mass is 10.0. The third-order valence-corrected chi connectivity index (χ3v) is 2.55. The lowest BCUT2D eigenvalue weighted by molar-refractivity contribution is 0.0533. The van der Waals surface area contributed by atoms with Crippen LogP contribution in [0.1, 0.15) is 34.8 Å². The average Bonchev–Trinajstić information content (AvgIpc) is 2.46. The van der Waals surface area contributed by atoms with Crippen LogP contribution in [0.5, 0.6) is 0 Å². The van der Waals surface area contributed by atoms with Crippen molar-refractivity contribution in [1.29, 1.82) is 0 Å². The predicted octanol–water partition coefficient (Wildman–Crippen LogP) is 0.153. The van der Waals surface area contributed by atoms with Gasteiger partial charge in [0.1, 0.15) is 0 Å². The Kier molecular flexibility index (Phi) is 2.03. The van der Waals surface area contributed by atoms with Crippen molar-refractivity contribution in [2.45, 2.75) is 19.4 Å². The monoisotopic (exact) mass is 195 g/mol. The molecule has 1 aliphatic heterocycles. The van der Waals surface area contributed by atoms with Crippen LogP contribution in [0.15, 0.2) is 0 Å². The van der Waals surface area contributed by atoms with Crippen molar-refractivity contribution < 1.29 is 9.53 Å². The second kappa shape index (κ2) is 3.09. The van der Waals surface area contributed by atoms with Gasteiger partial charge in [0.2, 0.25) is 0 Å². The van der Waals surface area contributed by atoms with Crippen molar-refractivity contribution in [3.8, 4) is 0 Å². The molecule has 2 N–H and O–H groups in total. The van der Waals surface area contributed by atoms with Crippen LogP contribution in [0, 0.1) is 0 Å². The van der Waals surface area contributed by atoms with Crippen LogP contribution in [0.25, 0.3) is 0 Å². The summed E-state index contributed by atoms with van der Waals surface area (Å²) in [5, 5.41) is 4.10. The zero-order valence-corrected chi connectivity index (χ0v) is 8.28. The minimum atomic E-state index is -0.487. The summed E-state index contributed by atoms with van der Waals surface area (Å²) in [4.78, 5) is 11.1. The number of rotatable bonds is 1. The van der Waals surface area contributed by atoms with E-state index in [0.717, 1.165) is 17.7 Å². The minimum Gasteiger partial charge on any atom is -0.373 e. The summed E-state index contributed by atoms with van der Waals surface area (Å²) in [5.41, 5.74) is 7.49. The van der Waals surface area contributed by atoms with E-state index >= 15 is 0 Å². The highest BCUT2D eigenvalue weighted by Crippen LogP contribution is 2.28. The molecule has 1 unspecified atom stereocenters. The molecule has 1 aromatic rings. The first kappa shape index (κ1) is 9.21. The molecule has 1 aliphatic rings. The van der Waals surface area contributed by atoms with Crippen LogP contribution in [0.2, 0.25) is 0 Å². The Morgan fingerprint density at radius 3 is 3.07 bits per heavy atom. The smallest absolute Gasteiger partial charge is 0.269 e. The summed E-state index contributed by atoms with van der Waals surface area (Å²) in [6.07, 6.45) is 0.700. The van der Waals surface area contributed by atoms with Gasteiger partial charge in [-0.3, -0.25) is 9.48 Å². The molecule has 0 aromatic carbocycles. The highest BCUT2D eigenvalue weighted by molar-refractivity contribution is 5.92. The van der Waals surface area contributed by atoms with Crippen LogP contribution >= 0.6 is 0 Å². The van der Waals surface area contributed by atoms with E-state index in [1.54, 1.807) is 4.68 Å². The summed E-state index contributed by atoms with van der Waals surface area (Å²) in [7, 11) is 1.82. The van der Waals surface area contributed by atoms with E-state index in [-0.39, 0.29) is 6.10 Å². The van der Waals surface area contributed by atoms with E-state index in [4.69, 9.17) is 10.5 Å². The van der Waals surface area contributed by atoms with Crippen LogP contribution in [-0.4, -0.2) is 22.3 Å². The second-order valence-electron chi connectivity index (χ2n) is 3.46. The third-order valence-electron chi connectivity index (χ3n) is 2.55. The van der Waals surface area contributed by atoms with Crippen LogP contribution in [0.3, 0.4) is 0 Å². The number of carbonyl (C=O) groups is 1. The number of hydrogen-bond donors (Lipinski definition) is 1. The molecule has 2 rings (SSSR count). The fourth-order valence-electron chi connectivity index (χ4n) is 1.90. The first-order valence-corrected chi connectivity index (χ1v) is 4.58. The van der Waals surface area contributed by atoms with E-state index in [2.05, 4.69) is 5.10 Å². The SMILES string of the molecule is CC1OCCc2c1c(C(N)=O)nn2C. The standard InChI is InChI=1S/C9H13N3O2/c1-5-7-6(3-4-14-5)12(2)11-8(7)9(10)13/h5H,3-4H2,1-2H3,(H2,10,13). The molecule has 1 atom stereocenters. The molecule has 2 heterocycles. The second-order valence-corrected chi connectivity index (χ2v) is 3.46. The van der Waals surface area contributed by atoms with Crippen molar-refractivity contribution in [3.05, 3.63) is 17.0 Å². The quantitative estimate of drug-likeness (QED) is 0.693. The molecule has 76 valence electrons. The molecule has 0 saturated carbocycles. The maximum atomic E-state index is 11.1. The van der Waals surface area contributed by atoms with Gasteiger partial charge < -0.3 is 10.5 Å². The minimum absolute atomic E-state index is 0.0880. The van der Waals surface area contributed by atoms with E-state index in [0.29, 0.717) is 12.3 Å². The Bertz CT molecular complexity index is 384. The van der Waals surface area contributed by atoms with E-state index < -0.39 is 5.91 Å². The van der Waals surface area contributed by atoms with Gasteiger partial charge in [0.05, 0.1) is 12.7 Å². The number of hydrogen-bond acceptors (Lipinski definition) is 3. The molecular formula is C9H13N3O2. The molecule has 5 heteroatoms. The number of aromatic nitrogens is 2. The van der Waals surface area contributed by atoms with Gasteiger partial charge in [0.15, 0.2) is 5.69 Å². The molecule has 0 aliphatic carbocycles. The average molecular weight is 195 g/mol. The van der Waals surface area contributed by atoms with Gasteiger partial charge in [-0.25, -0.2) is 0 Å². The predicted molar refractivity (Wildman–Crippen MR) is 49.8 cm³/mol. The highest BCUT2D eigenvalue weighted by Gasteiger charge is 2.27. The summed E-state index contributed by atoms with van der Waals surface area (Å²) >= 11 is 0. The first-order valence-electron chi connectivity index (χ1n) is 4.58. The molecule has 1 aromatic heterocycles. The molecule has 0 radical (unpaired) electrons. The number of carbonyl (C=O) groups excluding carboxylic acids is 1. The molecule has 0 saturated heterocycles. The molecule has 0 spiro atoms. The Labute approximate surface area is 81.8 Å². The number of fused-ring (bicyclic) bond motifs is 1. The number of aryl methyl sites for hydroxylation is 1.